The zero-order valence-electron chi connectivity index (χ0n) is 19.3. The third-order valence-corrected chi connectivity index (χ3v) is 7.29. The van der Waals surface area contributed by atoms with Crippen molar-refractivity contribution < 1.29 is 14.5 Å². The summed E-state index contributed by atoms with van der Waals surface area (Å²) in [5.74, 6) is -0.733. The van der Waals surface area contributed by atoms with Crippen molar-refractivity contribution in [2.75, 3.05) is 0 Å². The Morgan fingerprint density at radius 2 is 1.75 bits per heavy atom. The van der Waals surface area contributed by atoms with E-state index in [4.69, 9.17) is 9.57 Å². The van der Waals surface area contributed by atoms with Gasteiger partial charge in [0.15, 0.2) is 5.79 Å². The van der Waals surface area contributed by atoms with Gasteiger partial charge in [-0.15, -0.1) is 6.58 Å². The molecule has 2 aliphatic rings. The van der Waals surface area contributed by atoms with Gasteiger partial charge in [0.2, 0.25) is 6.21 Å². The Balaban J connectivity index is 1.62. The third-order valence-electron chi connectivity index (χ3n) is 7.29. The minimum absolute atomic E-state index is 0.0156. The highest BCUT2D eigenvalue weighted by atomic mass is 16.9. The van der Waals surface area contributed by atoms with Gasteiger partial charge < -0.3 is 9.57 Å². The molecule has 0 aromatic heterocycles. The highest BCUT2D eigenvalue weighted by molar-refractivity contribution is 5.63. The molecule has 32 heavy (non-hydrogen) atoms. The molecule has 2 unspecified atom stereocenters. The van der Waals surface area contributed by atoms with E-state index in [-0.39, 0.29) is 17.4 Å². The average Bonchev–Trinajstić information content (AvgIpc) is 2.80. The third kappa shape index (κ3) is 4.75. The van der Waals surface area contributed by atoms with Crippen LogP contribution in [0.1, 0.15) is 69.4 Å². The second kappa shape index (κ2) is 9.50. The van der Waals surface area contributed by atoms with E-state index in [1.807, 2.05) is 18.2 Å². The van der Waals surface area contributed by atoms with E-state index in [2.05, 4.69) is 62.9 Å². The molecule has 0 spiro atoms. The maximum absolute atomic E-state index is 12.6. The molecule has 0 bridgehead atoms. The second-order valence-corrected chi connectivity index (χ2v) is 9.79. The van der Waals surface area contributed by atoms with Crippen LogP contribution in [0.5, 0.6) is 0 Å². The van der Waals surface area contributed by atoms with Crippen LogP contribution in [0.3, 0.4) is 0 Å². The lowest BCUT2D eigenvalue weighted by Crippen LogP contribution is -2.50. The summed E-state index contributed by atoms with van der Waals surface area (Å²) in [5, 5.41) is 12.6. The predicted molar refractivity (Wildman–Crippen MR) is 128 cm³/mol. The largest absolute Gasteiger partial charge is 0.369 e. The van der Waals surface area contributed by atoms with Crippen LogP contribution in [0.25, 0.3) is 0 Å². The quantitative estimate of drug-likeness (QED) is 0.369. The first-order chi connectivity index (χ1) is 15.4. The van der Waals surface area contributed by atoms with Crippen molar-refractivity contribution >= 4 is 6.21 Å². The summed E-state index contributed by atoms with van der Waals surface area (Å²) in [4.78, 5) is 6.47. The molecular weight excluding hydrogens is 398 g/mol. The van der Waals surface area contributed by atoms with Crippen LogP contribution in [0.2, 0.25) is 0 Å². The molecular formula is C28H35NO3. The van der Waals surface area contributed by atoms with Crippen molar-refractivity contribution in [1.82, 2.24) is 0 Å². The Hall–Kier alpha value is -2.59. The lowest BCUT2D eigenvalue weighted by Gasteiger charge is -2.48. The van der Waals surface area contributed by atoms with Gasteiger partial charge in [-0.25, -0.2) is 0 Å². The Morgan fingerprint density at radius 1 is 1.09 bits per heavy atom. The van der Waals surface area contributed by atoms with Crippen molar-refractivity contribution in [3.63, 3.8) is 0 Å². The van der Waals surface area contributed by atoms with Gasteiger partial charge in [0.25, 0.3) is 0 Å². The van der Waals surface area contributed by atoms with Crippen molar-refractivity contribution in [2.45, 2.75) is 75.6 Å². The molecule has 0 N–H and O–H groups in total. The monoisotopic (exact) mass is 433 g/mol. The number of benzene rings is 2. The molecule has 2 aromatic rings. The van der Waals surface area contributed by atoms with E-state index < -0.39 is 5.79 Å². The van der Waals surface area contributed by atoms with Crippen LogP contribution in [0.4, 0.5) is 0 Å². The highest BCUT2D eigenvalue weighted by Gasteiger charge is 2.46. The average molecular weight is 434 g/mol. The fourth-order valence-corrected chi connectivity index (χ4v) is 5.55. The number of hydrogen-bond acceptors (Lipinski definition) is 3. The van der Waals surface area contributed by atoms with Crippen LogP contribution in [0.15, 0.2) is 73.3 Å². The number of ether oxygens (including phenoxy) is 1. The SMILES string of the molecule is C=CCC1(O[C@@H]2CCCC[C@H]2C(C)(C)c2ccccc2)CC(c2ccccc2)C=[N+]([O-])O1. The first-order valence-electron chi connectivity index (χ1n) is 11.8. The Kier molecular flexibility index (Phi) is 6.71. The fraction of sp³-hybridized carbons (Fsp3) is 0.464. The summed E-state index contributed by atoms with van der Waals surface area (Å²) in [5.41, 5.74) is 2.38. The number of nitrogens with zero attached hydrogens (tertiary/aromatic N) is 1. The van der Waals surface area contributed by atoms with E-state index in [1.165, 1.54) is 12.0 Å². The minimum Gasteiger partial charge on any atom is -0.369 e. The van der Waals surface area contributed by atoms with Crippen LogP contribution >= 0.6 is 0 Å². The predicted octanol–water partition coefficient (Wildman–Crippen LogP) is 6.51. The molecule has 0 saturated heterocycles. The normalized spacial score (nSPS) is 28.4. The van der Waals surface area contributed by atoms with Gasteiger partial charge in [-0.1, -0.05) is 93.4 Å². The molecule has 4 atom stereocenters. The zero-order valence-corrected chi connectivity index (χ0v) is 19.3. The van der Waals surface area contributed by atoms with E-state index in [0.29, 0.717) is 23.7 Å². The zero-order chi connectivity index (χ0) is 22.6. The van der Waals surface area contributed by atoms with Crippen LogP contribution < -0.4 is 0 Å². The van der Waals surface area contributed by atoms with Gasteiger partial charge in [-0.05, 0) is 35.3 Å². The first kappa shape index (κ1) is 22.6. The number of hydrogen-bond donors (Lipinski definition) is 0. The first-order valence-corrected chi connectivity index (χ1v) is 11.8. The Bertz CT molecular complexity index is 924. The van der Waals surface area contributed by atoms with E-state index in [0.717, 1.165) is 24.8 Å². The van der Waals surface area contributed by atoms with Gasteiger partial charge in [0.1, 0.15) is 0 Å². The highest BCUT2D eigenvalue weighted by Crippen LogP contribution is 2.45. The molecule has 1 heterocycles. The van der Waals surface area contributed by atoms with E-state index in [1.54, 1.807) is 12.3 Å². The van der Waals surface area contributed by atoms with Crippen LogP contribution in [-0.4, -0.2) is 23.0 Å². The van der Waals surface area contributed by atoms with Gasteiger partial charge in [-0.2, -0.15) is 0 Å². The molecule has 0 amide bonds. The summed E-state index contributed by atoms with van der Waals surface area (Å²) in [6.07, 6.45) is 8.90. The van der Waals surface area contributed by atoms with E-state index in [9.17, 15) is 5.21 Å². The van der Waals surface area contributed by atoms with Crippen molar-refractivity contribution in [1.29, 1.82) is 0 Å². The van der Waals surface area contributed by atoms with Gasteiger partial charge in [-0.3, -0.25) is 5.21 Å². The standard InChI is InChI=1S/C28H35NO3/c1-4-19-28(20-23(21-29(30)32-28)22-13-7-5-8-14-22)31-26-18-12-11-17-25(26)27(2,3)24-15-9-6-10-16-24/h4-10,13-16,21,23,25-26H,1,11-12,17-20H2,2-3H3/t23?,25-,26-,28?/m1/s1. The lowest BCUT2D eigenvalue weighted by molar-refractivity contribution is -0.787. The van der Waals surface area contributed by atoms with Crippen molar-refractivity contribution in [2.24, 2.45) is 5.92 Å². The summed E-state index contributed by atoms with van der Waals surface area (Å²) >= 11 is 0. The van der Waals surface area contributed by atoms with Crippen molar-refractivity contribution in [3.05, 3.63) is 89.7 Å². The molecule has 4 rings (SSSR count). The molecule has 2 aromatic carbocycles. The summed E-state index contributed by atoms with van der Waals surface area (Å²) in [7, 11) is 0. The molecule has 1 aliphatic heterocycles. The van der Waals surface area contributed by atoms with Crippen LogP contribution in [0, 0.1) is 11.1 Å². The fourth-order valence-electron chi connectivity index (χ4n) is 5.55. The molecule has 170 valence electrons. The lowest BCUT2D eigenvalue weighted by atomic mass is 9.66. The molecule has 1 saturated carbocycles. The minimum atomic E-state index is -1.01. The topological polar surface area (TPSA) is 44.5 Å². The Morgan fingerprint density at radius 3 is 2.44 bits per heavy atom. The van der Waals surface area contributed by atoms with Gasteiger partial charge >= 0.3 is 0 Å². The second-order valence-electron chi connectivity index (χ2n) is 9.79. The Labute approximate surface area is 192 Å². The summed E-state index contributed by atoms with van der Waals surface area (Å²) in [6.45, 7) is 8.57. The molecule has 1 fully saturated rings. The van der Waals surface area contributed by atoms with E-state index >= 15 is 0 Å². The summed E-state index contributed by atoms with van der Waals surface area (Å²) in [6, 6.07) is 20.8. The molecule has 4 nitrogen and oxygen atoms in total. The van der Waals surface area contributed by atoms with Gasteiger partial charge in [0.05, 0.1) is 12.0 Å². The molecule has 0 radical (unpaired) electrons. The summed E-state index contributed by atoms with van der Waals surface area (Å²) < 4.78 is 6.85. The van der Waals surface area contributed by atoms with Gasteiger partial charge in [0, 0.05) is 17.7 Å². The molecule has 4 heteroatoms. The molecule has 1 aliphatic carbocycles. The maximum Gasteiger partial charge on any atom is 0.217 e. The van der Waals surface area contributed by atoms with Crippen LogP contribution in [-0.2, 0) is 15.0 Å². The maximum atomic E-state index is 12.6. The smallest absolute Gasteiger partial charge is 0.217 e. The van der Waals surface area contributed by atoms with Crippen molar-refractivity contribution in [3.8, 4) is 0 Å². The number of rotatable bonds is 7.